The fraction of sp³-hybridized carbons (Fsp3) is 1.00. The van der Waals surface area contributed by atoms with Crippen LogP contribution < -0.4 is 0 Å². The summed E-state index contributed by atoms with van der Waals surface area (Å²) in [5.74, 6) is 4.32. The van der Waals surface area contributed by atoms with E-state index in [1.807, 2.05) is 6.92 Å². The summed E-state index contributed by atoms with van der Waals surface area (Å²) in [7, 11) is 1.70. The quantitative estimate of drug-likeness (QED) is 0.556. The van der Waals surface area contributed by atoms with Crippen molar-refractivity contribution in [3.63, 3.8) is 0 Å². The maximum atomic E-state index is 5.50. The minimum absolute atomic E-state index is 0.279. The SMILES string of the molecule is COCC(C)[O][Al]([CH3])[CH3]. The molecule has 0 radical (unpaired) electrons. The van der Waals surface area contributed by atoms with E-state index in [9.17, 15) is 0 Å². The van der Waals surface area contributed by atoms with Gasteiger partial charge in [0, 0.05) is 13.2 Å². The van der Waals surface area contributed by atoms with Gasteiger partial charge in [-0.1, -0.05) is 11.6 Å². The number of methoxy groups -OCH3 is 1. The van der Waals surface area contributed by atoms with Gasteiger partial charge in [-0.3, -0.25) is 0 Å². The molecule has 0 N–H and O–H groups in total. The third-order valence-corrected chi connectivity index (χ3v) is 1.91. The van der Waals surface area contributed by atoms with Gasteiger partial charge in [-0.25, -0.2) is 0 Å². The van der Waals surface area contributed by atoms with Crippen LogP contribution >= 0.6 is 0 Å². The number of ether oxygens (including phenoxy) is 1. The van der Waals surface area contributed by atoms with Crippen molar-refractivity contribution in [3.05, 3.63) is 0 Å². The number of hydrogen-bond donors (Lipinski definition) is 0. The molecule has 0 rings (SSSR count). The fourth-order valence-corrected chi connectivity index (χ4v) is 1.75. The molecule has 3 heteroatoms. The van der Waals surface area contributed by atoms with Crippen LogP contribution in [0.5, 0.6) is 0 Å². The second-order valence-corrected chi connectivity index (χ2v) is 4.82. The van der Waals surface area contributed by atoms with E-state index in [1.54, 1.807) is 7.11 Å². The number of hydrogen-bond acceptors (Lipinski definition) is 2. The molecule has 0 aliphatic carbocycles. The van der Waals surface area contributed by atoms with E-state index in [-0.39, 0.29) is 6.10 Å². The molecule has 0 saturated carbocycles. The Morgan fingerprint density at radius 2 is 2.00 bits per heavy atom. The van der Waals surface area contributed by atoms with Crippen LogP contribution in [-0.4, -0.2) is 34.3 Å². The minimum atomic E-state index is -0.840. The molecular formula is C6H15AlO2. The predicted octanol–water partition coefficient (Wildman–Crippen LogP) is 1.29. The smallest absolute Gasteiger partial charge is 0.454 e. The molecule has 0 bridgehead atoms. The monoisotopic (exact) mass is 146 g/mol. The lowest BCUT2D eigenvalue weighted by Gasteiger charge is -2.13. The lowest BCUT2D eigenvalue weighted by molar-refractivity contribution is 0.0920. The van der Waals surface area contributed by atoms with Gasteiger partial charge < -0.3 is 8.53 Å². The second kappa shape index (κ2) is 5.25. The summed E-state index contributed by atoms with van der Waals surface area (Å²) in [5, 5.41) is 0. The maximum absolute atomic E-state index is 5.50. The van der Waals surface area contributed by atoms with Crippen molar-refractivity contribution >= 4 is 14.5 Å². The molecule has 1 unspecified atom stereocenters. The second-order valence-electron chi connectivity index (χ2n) is 2.45. The van der Waals surface area contributed by atoms with Gasteiger partial charge >= 0.3 is 14.5 Å². The van der Waals surface area contributed by atoms with Gasteiger partial charge in [-0.2, -0.15) is 0 Å². The number of rotatable bonds is 4. The van der Waals surface area contributed by atoms with Crippen LogP contribution in [0.2, 0.25) is 11.6 Å². The average Bonchev–Trinajstić information content (AvgIpc) is 1.63. The van der Waals surface area contributed by atoms with E-state index in [4.69, 9.17) is 8.53 Å². The van der Waals surface area contributed by atoms with Crippen molar-refractivity contribution in [1.82, 2.24) is 0 Å². The Bertz CT molecular complexity index is 66.1. The Labute approximate surface area is 61.9 Å². The van der Waals surface area contributed by atoms with Crippen LogP contribution in [-0.2, 0) is 8.53 Å². The molecule has 0 aliphatic heterocycles. The zero-order chi connectivity index (χ0) is 7.28. The van der Waals surface area contributed by atoms with Crippen LogP contribution in [0.1, 0.15) is 6.92 Å². The first-order valence-corrected chi connectivity index (χ1v) is 6.09. The molecule has 0 aromatic heterocycles. The van der Waals surface area contributed by atoms with Crippen molar-refractivity contribution in [2.24, 2.45) is 0 Å². The van der Waals surface area contributed by atoms with Gasteiger partial charge in [0.05, 0.1) is 6.61 Å². The van der Waals surface area contributed by atoms with Crippen molar-refractivity contribution in [1.29, 1.82) is 0 Å². The molecule has 2 nitrogen and oxygen atoms in total. The molecular weight excluding hydrogens is 131 g/mol. The summed E-state index contributed by atoms with van der Waals surface area (Å²) in [6.07, 6.45) is 0.279. The molecule has 54 valence electrons. The van der Waals surface area contributed by atoms with Crippen molar-refractivity contribution in [2.75, 3.05) is 13.7 Å². The van der Waals surface area contributed by atoms with E-state index >= 15 is 0 Å². The molecule has 0 amide bonds. The normalized spacial score (nSPS) is 13.3. The summed E-state index contributed by atoms with van der Waals surface area (Å²) in [6, 6.07) is 0. The molecule has 9 heavy (non-hydrogen) atoms. The minimum Gasteiger partial charge on any atom is -0.497 e. The summed E-state index contributed by atoms with van der Waals surface area (Å²) < 4.78 is 10.4. The summed E-state index contributed by atoms with van der Waals surface area (Å²) >= 11 is -0.840. The molecule has 0 spiro atoms. The van der Waals surface area contributed by atoms with Crippen molar-refractivity contribution in [2.45, 2.75) is 24.6 Å². The highest BCUT2D eigenvalue weighted by atomic mass is 27.2. The molecule has 0 fully saturated rings. The first-order valence-electron chi connectivity index (χ1n) is 3.31. The third kappa shape index (κ3) is 6.34. The maximum Gasteiger partial charge on any atom is 0.454 e. The zero-order valence-electron chi connectivity index (χ0n) is 6.68. The summed E-state index contributed by atoms with van der Waals surface area (Å²) in [5.41, 5.74) is 0. The van der Waals surface area contributed by atoms with E-state index in [0.29, 0.717) is 6.61 Å². The Morgan fingerprint density at radius 3 is 2.33 bits per heavy atom. The Hall–Kier alpha value is 0.452. The Morgan fingerprint density at radius 1 is 1.44 bits per heavy atom. The molecule has 0 saturated heterocycles. The third-order valence-electron chi connectivity index (χ3n) is 0.906. The Balaban J connectivity index is 3.15. The van der Waals surface area contributed by atoms with Crippen LogP contribution in [0, 0.1) is 0 Å². The van der Waals surface area contributed by atoms with Crippen LogP contribution in [0.3, 0.4) is 0 Å². The van der Waals surface area contributed by atoms with E-state index in [0.717, 1.165) is 0 Å². The van der Waals surface area contributed by atoms with E-state index in [2.05, 4.69) is 11.6 Å². The summed E-state index contributed by atoms with van der Waals surface area (Å²) in [6.45, 7) is 2.75. The van der Waals surface area contributed by atoms with Crippen molar-refractivity contribution in [3.8, 4) is 0 Å². The van der Waals surface area contributed by atoms with Gasteiger partial charge in [-0.05, 0) is 6.92 Å². The van der Waals surface area contributed by atoms with Crippen LogP contribution in [0.4, 0.5) is 0 Å². The molecule has 1 atom stereocenters. The van der Waals surface area contributed by atoms with E-state index < -0.39 is 14.5 Å². The van der Waals surface area contributed by atoms with Crippen LogP contribution in [0.25, 0.3) is 0 Å². The zero-order valence-corrected chi connectivity index (χ0v) is 7.83. The molecule has 0 aromatic carbocycles. The van der Waals surface area contributed by atoms with Crippen molar-refractivity contribution < 1.29 is 8.53 Å². The molecule has 0 aromatic rings. The first kappa shape index (κ1) is 9.45. The highest BCUT2D eigenvalue weighted by Gasteiger charge is 2.08. The fourth-order valence-electron chi connectivity index (χ4n) is 0.739. The standard InChI is InChI=1S/C4H9O2.2CH3.Al/c1-4(5)3-6-2;;;/h4H,3H2,1-2H3;2*1H3;/q-1;;;+1. The lowest BCUT2D eigenvalue weighted by Crippen LogP contribution is -2.21. The van der Waals surface area contributed by atoms with Gasteiger partial charge in [0.2, 0.25) is 0 Å². The molecule has 0 aliphatic rings. The summed E-state index contributed by atoms with van der Waals surface area (Å²) in [4.78, 5) is 0. The predicted molar refractivity (Wildman–Crippen MR) is 39.9 cm³/mol. The Kier molecular flexibility index (Phi) is 5.52. The van der Waals surface area contributed by atoms with Gasteiger partial charge in [0.25, 0.3) is 0 Å². The highest BCUT2D eigenvalue weighted by Crippen LogP contribution is 1.93. The van der Waals surface area contributed by atoms with Crippen LogP contribution in [0.15, 0.2) is 0 Å². The highest BCUT2D eigenvalue weighted by molar-refractivity contribution is 6.48. The average molecular weight is 146 g/mol. The van der Waals surface area contributed by atoms with E-state index in [1.165, 1.54) is 0 Å². The van der Waals surface area contributed by atoms with Gasteiger partial charge in [-0.15, -0.1) is 0 Å². The van der Waals surface area contributed by atoms with Gasteiger partial charge in [0.15, 0.2) is 0 Å². The largest absolute Gasteiger partial charge is 0.497 e. The lowest BCUT2D eigenvalue weighted by atomic mass is 10.5. The van der Waals surface area contributed by atoms with Gasteiger partial charge in [0.1, 0.15) is 0 Å². The molecule has 0 heterocycles. The first-order chi connectivity index (χ1) is 4.16. The topological polar surface area (TPSA) is 18.5 Å².